The fourth-order valence-corrected chi connectivity index (χ4v) is 3.51. The molecule has 0 amide bonds. The predicted octanol–water partition coefficient (Wildman–Crippen LogP) is 3.92. The summed E-state index contributed by atoms with van der Waals surface area (Å²) in [7, 11) is 2.04. The van der Waals surface area contributed by atoms with Crippen LogP contribution in [0.5, 0.6) is 0 Å². The van der Waals surface area contributed by atoms with E-state index in [0.29, 0.717) is 18.3 Å². The summed E-state index contributed by atoms with van der Waals surface area (Å²) >= 11 is 1.62. The first kappa shape index (κ1) is 16.7. The van der Waals surface area contributed by atoms with Gasteiger partial charge in [0.2, 0.25) is 11.7 Å². The van der Waals surface area contributed by atoms with Crippen LogP contribution in [0.2, 0.25) is 0 Å². The van der Waals surface area contributed by atoms with Crippen LogP contribution in [-0.4, -0.2) is 31.6 Å². The fraction of sp³-hybridized carbons (Fsp3) is 0.211. The monoisotopic (exact) mass is 365 g/mol. The van der Waals surface area contributed by atoms with Gasteiger partial charge in [0.25, 0.3) is 0 Å². The molecule has 0 aliphatic carbocycles. The van der Waals surface area contributed by atoms with Gasteiger partial charge in [-0.25, -0.2) is 4.98 Å². The van der Waals surface area contributed by atoms with Gasteiger partial charge in [0.15, 0.2) is 5.13 Å². The van der Waals surface area contributed by atoms with E-state index in [1.807, 2.05) is 43.0 Å². The number of hydrogen-bond donors (Lipinski definition) is 0. The number of thiazole rings is 1. The second-order valence-corrected chi connectivity index (χ2v) is 7.11. The number of nitrogens with zero attached hydrogens (tertiary/aromatic N) is 5. The molecule has 0 saturated carbocycles. The Morgan fingerprint density at radius 2 is 2.12 bits per heavy atom. The van der Waals surface area contributed by atoms with Crippen LogP contribution in [0.3, 0.4) is 0 Å². The van der Waals surface area contributed by atoms with Crippen molar-refractivity contribution in [1.29, 1.82) is 0 Å². The summed E-state index contributed by atoms with van der Waals surface area (Å²) in [6, 6.07) is 12.2. The van der Waals surface area contributed by atoms with Gasteiger partial charge in [-0.2, -0.15) is 4.98 Å². The van der Waals surface area contributed by atoms with Gasteiger partial charge in [0.1, 0.15) is 0 Å². The van der Waals surface area contributed by atoms with E-state index in [1.54, 1.807) is 11.3 Å². The van der Waals surface area contributed by atoms with E-state index in [-0.39, 0.29) is 0 Å². The summed E-state index contributed by atoms with van der Waals surface area (Å²) in [5.74, 6) is 1.24. The highest BCUT2D eigenvalue weighted by Gasteiger charge is 2.13. The first-order valence-corrected chi connectivity index (χ1v) is 9.21. The maximum Gasteiger partial charge on any atom is 0.241 e. The van der Waals surface area contributed by atoms with Gasteiger partial charge in [-0.05, 0) is 32.2 Å². The zero-order valence-corrected chi connectivity index (χ0v) is 15.5. The molecule has 3 aromatic heterocycles. The maximum absolute atomic E-state index is 5.43. The molecule has 0 radical (unpaired) electrons. The van der Waals surface area contributed by atoms with Gasteiger partial charge in [-0.15, -0.1) is 11.3 Å². The van der Waals surface area contributed by atoms with E-state index in [2.05, 4.69) is 49.7 Å². The molecule has 6 nitrogen and oxygen atoms in total. The molecule has 0 bridgehead atoms. The second kappa shape index (κ2) is 7.23. The van der Waals surface area contributed by atoms with Crippen LogP contribution >= 0.6 is 11.3 Å². The molecule has 0 atom stereocenters. The quantitative estimate of drug-likeness (QED) is 0.518. The van der Waals surface area contributed by atoms with Crippen molar-refractivity contribution >= 4 is 11.3 Å². The second-order valence-electron chi connectivity index (χ2n) is 6.24. The predicted molar refractivity (Wildman–Crippen MR) is 101 cm³/mol. The summed E-state index contributed by atoms with van der Waals surface area (Å²) in [4.78, 5) is 11.0. The first-order chi connectivity index (χ1) is 12.7. The largest absolute Gasteiger partial charge is 0.338 e. The van der Waals surface area contributed by atoms with Crippen LogP contribution in [0, 0.1) is 6.92 Å². The minimum Gasteiger partial charge on any atom is -0.338 e. The third-order valence-electron chi connectivity index (χ3n) is 4.04. The lowest BCUT2D eigenvalue weighted by Gasteiger charge is -2.15. The van der Waals surface area contributed by atoms with E-state index in [4.69, 9.17) is 4.52 Å². The molecular weight excluding hydrogens is 346 g/mol. The van der Waals surface area contributed by atoms with Crippen molar-refractivity contribution in [1.82, 2.24) is 24.6 Å². The Morgan fingerprint density at radius 1 is 1.19 bits per heavy atom. The molecule has 132 valence electrons. The average molecular weight is 365 g/mol. The van der Waals surface area contributed by atoms with E-state index in [0.717, 1.165) is 17.2 Å². The highest BCUT2D eigenvalue weighted by molar-refractivity contribution is 7.12. The van der Waals surface area contributed by atoms with Gasteiger partial charge >= 0.3 is 0 Å². The smallest absolute Gasteiger partial charge is 0.241 e. The van der Waals surface area contributed by atoms with Crippen LogP contribution in [0.15, 0.2) is 58.7 Å². The van der Waals surface area contributed by atoms with E-state index in [1.165, 1.54) is 11.3 Å². The number of benzene rings is 1. The highest BCUT2D eigenvalue weighted by Crippen LogP contribution is 2.19. The SMILES string of the molecule is Cc1cccc(-c2noc(CN(C)Cc3cccn3-c3nccs3)n2)c1. The molecular formula is C19H19N5OS. The van der Waals surface area contributed by atoms with Crippen LogP contribution < -0.4 is 0 Å². The van der Waals surface area contributed by atoms with Crippen molar-refractivity contribution in [3.05, 3.63) is 71.3 Å². The van der Waals surface area contributed by atoms with Crippen molar-refractivity contribution in [2.45, 2.75) is 20.0 Å². The van der Waals surface area contributed by atoms with Crippen LogP contribution in [0.4, 0.5) is 0 Å². The molecule has 0 saturated heterocycles. The molecule has 4 aromatic rings. The topological polar surface area (TPSA) is 60.0 Å². The normalized spacial score (nSPS) is 11.3. The standard InChI is InChI=1S/C19H19N5OS/c1-14-5-3-6-15(11-14)18-21-17(25-22-18)13-23(2)12-16-7-4-9-24(16)19-20-8-10-26-19/h3-11H,12-13H2,1-2H3. The summed E-state index contributed by atoms with van der Waals surface area (Å²) in [5, 5.41) is 7.06. The van der Waals surface area contributed by atoms with Gasteiger partial charge in [0, 0.05) is 35.6 Å². The van der Waals surface area contributed by atoms with Crippen molar-refractivity contribution in [3.63, 3.8) is 0 Å². The molecule has 0 N–H and O–H groups in total. The lowest BCUT2D eigenvalue weighted by atomic mass is 10.1. The number of hydrogen-bond acceptors (Lipinski definition) is 6. The van der Waals surface area contributed by atoms with E-state index >= 15 is 0 Å². The molecule has 0 aliphatic heterocycles. The molecule has 3 heterocycles. The maximum atomic E-state index is 5.43. The molecule has 0 unspecified atom stereocenters. The molecule has 0 spiro atoms. The summed E-state index contributed by atoms with van der Waals surface area (Å²) in [5.41, 5.74) is 3.31. The Morgan fingerprint density at radius 3 is 2.92 bits per heavy atom. The molecule has 26 heavy (non-hydrogen) atoms. The van der Waals surface area contributed by atoms with Crippen LogP contribution in [0.25, 0.3) is 16.5 Å². The van der Waals surface area contributed by atoms with Gasteiger partial charge < -0.3 is 4.52 Å². The summed E-state index contributed by atoms with van der Waals surface area (Å²) in [6.07, 6.45) is 3.85. The first-order valence-electron chi connectivity index (χ1n) is 8.33. The molecule has 0 aliphatic rings. The minimum absolute atomic E-state index is 0.585. The lowest BCUT2D eigenvalue weighted by Crippen LogP contribution is -2.19. The fourth-order valence-electron chi connectivity index (χ4n) is 2.85. The molecule has 0 fully saturated rings. The minimum atomic E-state index is 0.585. The third kappa shape index (κ3) is 3.58. The van der Waals surface area contributed by atoms with Crippen LogP contribution in [0.1, 0.15) is 17.1 Å². The number of rotatable bonds is 6. The zero-order chi connectivity index (χ0) is 17.9. The van der Waals surface area contributed by atoms with Crippen molar-refractivity contribution in [2.24, 2.45) is 0 Å². The van der Waals surface area contributed by atoms with Gasteiger partial charge in [0.05, 0.1) is 6.54 Å². The Hall–Kier alpha value is -2.77. The van der Waals surface area contributed by atoms with Crippen LogP contribution in [-0.2, 0) is 13.1 Å². The highest BCUT2D eigenvalue weighted by atomic mass is 32.1. The summed E-state index contributed by atoms with van der Waals surface area (Å²) < 4.78 is 7.54. The number of aromatic nitrogens is 4. The lowest BCUT2D eigenvalue weighted by molar-refractivity contribution is 0.257. The van der Waals surface area contributed by atoms with Crippen molar-refractivity contribution in [3.8, 4) is 16.5 Å². The van der Waals surface area contributed by atoms with Gasteiger partial charge in [-0.3, -0.25) is 9.47 Å². The number of aryl methyl sites for hydroxylation is 1. The van der Waals surface area contributed by atoms with E-state index < -0.39 is 0 Å². The van der Waals surface area contributed by atoms with Crippen molar-refractivity contribution < 1.29 is 4.52 Å². The molecule has 7 heteroatoms. The zero-order valence-electron chi connectivity index (χ0n) is 14.7. The van der Waals surface area contributed by atoms with Crippen molar-refractivity contribution in [2.75, 3.05) is 7.05 Å². The summed E-state index contributed by atoms with van der Waals surface area (Å²) in [6.45, 7) is 3.40. The average Bonchev–Trinajstić information content (AvgIpc) is 3.36. The molecule has 1 aromatic carbocycles. The van der Waals surface area contributed by atoms with E-state index in [9.17, 15) is 0 Å². The van der Waals surface area contributed by atoms with Gasteiger partial charge in [-0.1, -0.05) is 28.9 Å². The molecule has 4 rings (SSSR count). The Bertz CT molecular complexity index is 989. The Balaban J connectivity index is 1.45. The Labute approximate surface area is 155 Å². The third-order valence-corrected chi connectivity index (χ3v) is 4.81. The Kier molecular flexibility index (Phi) is 4.64.